The van der Waals surface area contributed by atoms with E-state index in [-0.39, 0.29) is 48.3 Å². The number of methoxy groups -OCH3 is 1. The topological polar surface area (TPSA) is 70.7 Å². The zero-order valence-electron chi connectivity index (χ0n) is 16.5. The summed E-state index contributed by atoms with van der Waals surface area (Å²) in [5.41, 5.74) is 1.000. The van der Waals surface area contributed by atoms with Crippen LogP contribution in [0.5, 0.6) is 5.75 Å². The van der Waals surface area contributed by atoms with Crippen LogP contribution in [-0.4, -0.2) is 49.0 Å². The molecule has 2 N–H and O–H groups in total. The molecule has 0 spiro atoms. The third kappa shape index (κ3) is 3.85. The molecule has 3 saturated heterocycles. The minimum absolute atomic E-state index is 0. The molecule has 3 fully saturated rings. The smallest absolute Gasteiger partial charge is 0.243 e. The van der Waals surface area contributed by atoms with Crippen LogP contribution >= 0.6 is 12.4 Å². The number of nitrogens with one attached hydrogen (secondary N) is 2. The van der Waals surface area contributed by atoms with Crippen LogP contribution in [0.4, 0.5) is 0 Å². The average molecular weight is 408 g/mol. The summed E-state index contributed by atoms with van der Waals surface area (Å²) in [6, 6.07) is 7.46. The van der Waals surface area contributed by atoms with Gasteiger partial charge >= 0.3 is 0 Å². The minimum atomic E-state index is -0.361. The third-order valence-electron chi connectivity index (χ3n) is 6.47. The van der Waals surface area contributed by atoms with Gasteiger partial charge in [-0.1, -0.05) is 12.1 Å². The lowest BCUT2D eigenvalue weighted by molar-refractivity contribution is -0.157. The van der Waals surface area contributed by atoms with Crippen molar-refractivity contribution in [3.63, 3.8) is 0 Å². The van der Waals surface area contributed by atoms with Gasteiger partial charge in [0, 0.05) is 24.9 Å². The highest BCUT2D eigenvalue weighted by molar-refractivity contribution is 5.89. The van der Waals surface area contributed by atoms with E-state index in [2.05, 4.69) is 10.6 Å². The second-order valence-corrected chi connectivity index (χ2v) is 8.13. The van der Waals surface area contributed by atoms with E-state index in [1.54, 1.807) is 7.11 Å². The molecule has 1 aromatic rings. The van der Waals surface area contributed by atoms with Crippen LogP contribution < -0.4 is 15.4 Å². The zero-order valence-corrected chi connectivity index (χ0v) is 17.3. The molecule has 7 heteroatoms. The van der Waals surface area contributed by atoms with Crippen molar-refractivity contribution in [3.8, 4) is 5.75 Å². The molecule has 0 aliphatic carbocycles. The van der Waals surface area contributed by atoms with E-state index in [1.165, 1.54) is 0 Å². The summed E-state index contributed by atoms with van der Waals surface area (Å²) in [6.45, 7) is 3.74. The van der Waals surface area contributed by atoms with Gasteiger partial charge in [-0.05, 0) is 56.3 Å². The maximum absolute atomic E-state index is 13.3. The molecule has 154 valence electrons. The van der Waals surface area contributed by atoms with Crippen LogP contribution in [0.1, 0.15) is 44.2 Å². The molecule has 3 aliphatic rings. The van der Waals surface area contributed by atoms with Gasteiger partial charge in [0.05, 0.1) is 13.2 Å². The monoisotopic (exact) mass is 407 g/mol. The highest BCUT2D eigenvalue weighted by Crippen LogP contribution is 2.39. The molecule has 2 bridgehead atoms. The van der Waals surface area contributed by atoms with E-state index in [4.69, 9.17) is 4.74 Å². The Hall–Kier alpha value is -1.79. The van der Waals surface area contributed by atoms with E-state index in [1.807, 2.05) is 36.1 Å². The Balaban J connectivity index is 0.00000225. The summed E-state index contributed by atoms with van der Waals surface area (Å²) in [7, 11) is 1.64. The van der Waals surface area contributed by atoms with Crippen molar-refractivity contribution in [2.24, 2.45) is 11.8 Å². The first-order chi connectivity index (χ1) is 13.1. The fourth-order valence-electron chi connectivity index (χ4n) is 5.14. The standard InChI is InChI=1S/C21H29N3O3.ClH/c1-13(14-5-3-6-17(10-14)27-2)23-21(26)20-16-9-15(11-22-12-16)18-7-4-8-19(25)24(18)20;/h3,5-6,10,13,15-16,18,20,22H,4,7-9,11-12H2,1-2H3,(H,23,26);1H/t13-,15-,16+,18+,20-;/m1./s1. The van der Waals surface area contributed by atoms with Gasteiger partial charge in [-0.25, -0.2) is 0 Å². The summed E-state index contributed by atoms with van der Waals surface area (Å²) in [5.74, 6) is 1.57. The van der Waals surface area contributed by atoms with Crippen LogP contribution in [0.25, 0.3) is 0 Å². The molecule has 1 aromatic carbocycles. The SMILES string of the molecule is COc1cccc([C@@H](C)NC(=O)[C@H]2[C@@H]3CNC[C@@H](C3)[C@@H]3CCCC(=O)N32)c1.Cl. The molecular weight excluding hydrogens is 378 g/mol. The van der Waals surface area contributed by atoms with Crippen molar-refractivity contribution in [2.75, 3.05) is 20.2 Å². The van der Waals surface area contributed by atoms with Crippen LogP contribution in [0.2, 0.25) is 0 Å². The van der Waals surface area contributed by atoms with Gasteiger partial charge in [-0.15, -0.1) is 12.4 Å². The first kappa shape index (κ1) is 20.9. The number of piperidine rings is 3. The zero-order chi connectivity index (χ0) is 19.0. The molecule has 0 saturated carbocycles. The molecule has 0 radical (unpaired) electrons. The number of benzene rings is 1. The molecule has 3 heterocycles. The first-order valence-electron chi connectivity index (χ1n) is 10.0. The van der Waals surface area contributed by atoms with Crippen molar-refractivity contribution in [1.82, 2.24) is 15.5 Å². The quantitative estimate of drug-likeness (QED) is 0.803. The van der Waals surface area contributed by atoms with Crippen LogP contribution in [0, 0.1) is 11.8 Å². The Bertz CT molecular complexity index is 729. The molecule has 2 amide bonds. The summed E-state index contributed by atoms with van der Waals surface area (Å²) < 4.78 is 5.29. The van der Waals surface area contributed by atoms with E-state index < -0.39 is 0 Å². The number of carbonyl (C=O) groups excluding carboxylic acids is 2. The van der Waals surface area contributed by atoms with Crippen molar-refractivity contribution in [3.05, 3.63) is 29.8 Å². The molecule has 0 unspecified atom stereocenters. The van der Waals surface area contributed by atoms with Gasteiger partial charge in [0.25, 0.3) is 0 Å². The van der Waals surface area contributed by atoms with Gasteiger partial charge in [-0.3, -0.25) is 9.59 Å². The lowest BCUT2D eigenvalue weighted by atomic mass is 9.72. The van der Waals surface area contributed by atoms with Gasteiger partial charge in [0.15, 0.2) is 0 Å². The highest BCUT2D eigenvalue weighted by atomic mass is 35.5. The molecule has 0 aromatic heterocycles. The Morgan fingerprint density at radius 1 is 1.32 bits per heavy atom. The predicted octanol–water partition coefficient (Wildman–Crippen LogP) is 2.28. The Kier molecular flexibility index (Phi) is 6.50. The predicted molar refractivity (Wildman–Crippen MR) is 110 cm³/mol. The molecule has 5 atom stereocenters. The van der Waals surface area contributed by atoms with E-state index in [9.17, 15) is 9.59 Å². The number of amides is 2. The van der Waals surface area contributed by atoms with E-state index in [0.717, 1.165) is 43.7 Å². The molecule has 28 heavy (non-hydrogen) atoms. The summed E-state index contributed by atoms with van der Waals surface area (Å²) in [5, 5.41) is 6.64. The van der Waals surface area contributed by atoms with Gasteiger partial charge < -0.3 is 20.3 Å². The highest BCUT2D eigenvalue weighted by Gasteiger charge is 2.50. The van der Waals surface area contributed by atoms with Crippen LogP contribution in [-0.2, 0) is 9.59 Å². The van der Waals surface area contributed by atoms with Crippen molar-refractivity contribution in [2.45, 2.75) is 50.7 Å². The molecule has 6 nitrogen and oxygen atoms in total. The van der Waals surface area contributed by atoms with Crippen molar-refractivity contribution >= 4 is 24.2 Å². The molecule has 4 rings (SSSR count). The number of hydrogen-bond acceptors (Lipinski definition) is 4. The number of fused-ring (bicyclic) bond motifs is 4. The minimum Gasteiger partial charge on any atom is -0.497 e. The lowest BCUT2D eigenvalue weighted by Crippen LogP contribution is -2.68. The number of ether oxygens (including phenoxy) is 1. The number of rotatable bonds is 4. The van der Waals surface area contributed by atoms with Gasteiger partial charge in [0.1, 0.15) is 11.8 Å². The maximum atomic E-state index is 13.3. The average Bonchev–Trinajstić information content (AvgIpc) is 2.69. The van der Waals surface area contributed by atoms with Crippen molar-refractivity contribution in [1.29, 1.82) is 0 Å². The number of nitrogens with zero attached hydrogens (tertiary/aromatic N) is 1. The number of hydrogen-bond donors (Lipinski definition) is 2. The van der Waals surface area contributed by atoms with Crippen LogP contribution in [0.15, 0.2) is 24.3 Å². The lowest BCUT2D eigenvalue weighted by Gasteiger charge is -2.54. The molecular formula is C21H30ClN3O3. The first-order valence-corrected chi connectivity index (χ1v) is 10.0. The Morgan fingerprint density at radius 2 is 2.11 bits per heavy atom. The molecule has 3 aliphatic heterocycles. The normalized spacial score (nSPS) is 29.9. The van der Waals surface area contributed by atoms with E-state index in [0.29, 0.717) is 12.3 Å². The maximum Gasteiger partial charge on any atom is 0.243 e. The third-order valence-corrected chi connectivity index (χ3v) is 6.47. The van der Waals surface area contributed by atoms with Crippen molar-refractivity contribution < 1.29 is 14.3 Å². The van der Waals surface area contributed by atoms with Gasteiger partial charge in [-0.2, -0.15) is 0 Å². The Morgan fingerprint density at radius 3 is 2.89 bits per heavy atom. The fraction of sp³-hybridized carbons (Fsp3) is 0.619. The van der Waals surface area contributed by atoms with Crippen LogP contribution in [0.3, 0.4) is 0 Å². The number of halogens is 1. The van der Waals surface area contributed by atoms with Gasteiger partial charge in [0.2, 0.25) is 11.8 Å². The summed E-state index contributed by atoms with van der Waals surface area (Å²) in [6.07, 6.45) is 3.56. The Labute approximate surface area is 172 Å². The summed E-state index contributed by atoms with van der Waals surface area (Å²) >= 11 is 0. The number of carbonyl (C=O) groups is 2. The fourth-order valence-corrected chi connectivity index (χ4v) is 5.14. The second kappa shape index (κ2) is 8.70. The summed E-state index contributed by atoms with van der Waals surface area (Å²) in [4.78, 5) is 27.9. The largest absolute Gasteiger partial charge is 0.497 e. The van der Waals surface area contributed by atoms with E-state index >= 15 is 0 Å². The second-order valence-electron chi connectivity index (χ2n) is 8.13.